The van der Waals surface area contributed by atoms with E-state index in [0.717, 1.165) is 43.9 Å². The number of hydrogen-bond acceptors (Lipinski definition) is 5. The summed E-state index contributed by atoms with van der Waals surface area (Å²) in [7, 11) is 0. The Bertz CT molecular complexity index is 1150. The first kappa shape index (κ1) is 53.2. The largest absolute Gasteiger partial charge is 0.481 e. The van der Waals surface area contributed by atoms with Gasteiger partial charge >= 0.3 is 29.8 Å². The SMILES string of the molecule is CCCCCCCC/C=C\CCCCCCCC(=O)O.CCCCCCCC/C=C\CCCCCCCC(=O)O.O=C(O)c1ccc(C(=O)O)c(C(=O)O)c1. The first-order valence-electron chi connectivity index (χ1n) is 21.0. The van der Waals surface area contributed by atoms with E-state index in [1.54, 1.807) is 0 Å². The Labute approximate surface area is 331 Å². The zero-order valence-corrected chi connectivity index (χ0v) is 34.1. The molecule has 1 aromatic rings. The van der Waals surface area contributed by atoms with Gasteiger partial charge in [-0.2, -0.15) is 0 Å². The van der Waals surface area contributed by atoms with Crippen molar-refractivity contribution < 1.29 is 49.5 Å². The lowest BCUT2D eigenvalue weighted by Gasteiger charge is -2.02. The quantitative estimate of drug-likeness (QED) is 0.0340. The second kappa shape index (κ2) is 39.7. The van der Waals surface area contributed by atoms with Gasteiger partial charge in [-0.25, -0.2) is 14.4 Å². The number of carbonyl (C=O) groups is 5. The molecule has 0 saturated heterocycles. The lowest BCUT2D eigenvalue weighted by atomic mass is 10.0. The fourth-order valence-corrected chi connectivity index (χ4v) is 5.73. The average molecular weight is 775 g/mol. The molecule has 314 valence electrons. The highest BCUT2D eigenvalue weighted by molar-refractivity contribution is 6.03. The van der Waals surface area contributed by atoms with Gasteiger partial charge in [0.25, 0.3) is 0 Å². The van der Waals surface area contributed by atoms with Crippen LogP contribution >= 0.6 is 0 Å². The topological polar surface area (TPSA) is 186 Å². The maximum atomic E-state index is 10.6. The Kier molecular flexibility index (Phi) is 38.4. The van der Waals surface area contributed by atoms with E-state index in [2.05, 4.69) is 38.2 Å². The fourth-order valence-electron chi connectivity index (χ4n) is 5.73. The molecule has 0 aliphatic rings. The standard InChI is InChI=1S/2C18H34O2.C9H6O6/c2*1-2-3-4-5-6-7-8-9-10-11-12-13-14-15-16-17-18(19)20;10-7(11)4-1-2-5(8(12)13)6(3-4)9(14)15/h2*9-10H,2-8,11-17H2,1H3,(H,19,20);1-3H,(H,10,11)(H,12,13)(H,14,15)/b2*10-9-;. The number of benzene rings is 1. The smallest absolute Gasteiger partial charge is 0.336 e. The third-order valence-corrected chi connectivity index (χ3v) is 9.03. The van der Waals surface area contributed by atoms with Crippen LogP contribution in [0, 0.1) is 0 Å². The van der Waals surface area contributed by atoms with E-state index in [9.17, 15) is 24.0 Å². The number of carboxylic acids is 5. The molecule has 10 heteroatoms. The molecule has 0 radical (unpaired) electrons. The van der Waals surface area contributed by atoms with Crippen molar-refractivity contribution in [3.05, 3.63) is 59.2 Å². The van der Waals surface area contributed by atoms with Crippen LogP contribution in [0.1, 0.15) is 225 Å². The number of carboxylic acid groups (broad SMARTS) is 5. The number of unbranched alkanes of at least 4 members (excludes halogenated alkanes) is 22. The minimum Gasteiger partial charge on any atom is -0.481 e. The van der Waals surface area contributed by atoms with Crippen molar-refractivity contribution in [3.63, 3.8) is 0 Å². The molecule has 0 fully saturated rings. The van der Waals surface area contributed by atoms with E-state index >= 15 is 0 Å². The van der Waals surface area contributed by atoms with Crippen LogP contribution in [-0.4, -0.2) is 55.4 Å². The summed E-state index contributed by atoms with van der Waals surface area (Å²) in [6.45, 7) is 4.52. The third kappa shape index (κ3) is 38.1. The van der Waals surface area contributed by atoms with E-state index < -0.39 is 41.0 Å². The molecule has 0 spiro atoms. The second-order valence-electron chi connectivity index (χ2n) is 14.1. The van der Waals surface area contributed by atoms with Gasteiger partial charge in [0.05, 0.1) is 16.7 Å². The summed E-state index contributed by atoms with van der Waals surface area (Å²) < 4.78 is 0. The van der Waals surface area contributed by atoms with Gasteiger partial charge in [0.2, 0.25) is 0 Å². The van der Waals surface area contributed by atoms with Crippen LogP contribution in [0.3, 0.4) is 0 Å². The zero-order chi connectivity index (χ0) is 41.4. The summed E-state index contributed by atoms with van der Waals surface area (Å²) in [6, 6.07) is 2.81. The number of hydrogen-bond donors (Lipinski definition) is 5. The summed E-state index contributed by atoms with van der Waals surface area (Å²) in [6.07, 6.45) is 42.5. The highest BCUT2D eigenvalue weighted by Crippen LogP contribution is 2.14. The highest BCUT2D eigenvalue weighted by atomic mass is 16.4. The van der Waals surface area contributed by atoms with Gasteiger partial charge in [0.1, 0.15) is 0 Å². The summed E-state index contributed by atoms with van der Waals surface area (Å²) >= 11 is 0. The maximum absolute atomic E-state index is 10.6. The van der Waals surface area contributed by atoms with Crippen LogP contribution in [0.2, 0.25) is 0 Å². The Balaban J connectivity index is 0. The monoisotopic (exact) mass is 775 g/mol. The summed E-state index contributed by atoms with van der Waals surface area (Å²) in [5.74, 6) is -5.53. The van der Waals surface area contributed by atoms with Gasteiger partial charge in [-0.3, -0.25) is 9.59 Å². The van der Waals surface area contributed by atoms with Gasteiger partial charge < -0.3 is 25.5 Å². The van der Waals surface area contributed by atoms with Crippen LogP contribution in [0.4, 0.5) is 0 Å². The van der Waals surface area contributed by atoms with Crippen molar-refractivity contribution in [2.45, 2.75) is 194 Å². The van der Waals surface area contributed by atoms with Crippen molar-refractivity contribution in [2.75, 3.05) is 0 Å². The van der Waals surface area contributed by atoms with Crippen LogP contribution in [0.25, 0.3) is 0 Å². The second-order valence-corrected chi connectivity index (χ2v) is 14.1. The fraction of sp³-hybridized carbons (Fsp3) is 0.667. The first-order chi connectivity index (χ1) is 26.5. The van der Waals surface area contributed by atoms with Crippen LogP contribution in [0.5, 0.6) is 0 Å². The van der Waals surface area contributed by atoms with Crippen molar-refractivity contribution in [2.24, 2.45) is 0 Å². The molecule has 0 heterocycles. The average Bonchev–Trinajstić information content (AvgIpc) is 3.14. The molecule has 0 amide bonds. The zero-order valence-electron chi connectivity index (χ0n) is 34.1. The van der Waals surface area contributed by atoms with Gasteiger partial charge in [-0.15, -0.1) is 0 Å². The Morgan fingerprint density at radius 2 is 0.709 bits per heavy atom. The molecule has 55 heavy (non-hydrogen) atoms. The molecule has 5 N–H and O–H groups in total. The van der Waals surface area contributed by atoms with Gasteiger partial charge in [0.15, 0.2) is 0 Å². The van der Waals surface area contributed by atoms with E-state index in [1.165, 1.54) is 141 Å². The van der Waals surface area contributed by atoms with E-state index in [-0.39, 0.29) is 5.56 Å². The van der Waals surface area contributed by atoms with E-state index in [4.69, 9.17) is 25.5 Å². The Morgan fingerprint density at radius 3 is 1.00 bits per heavy atom. The molecule has 0 aliphatic heterocycles. The summed E-state index contributed by atoms with van der Waals surface area (Å²) in [4.78, 5) is 52.4. The van der Waals surface area contributed by atoms with E-state index in [0.29, 0.717) is 12.8 Å². The lowest BCUT2D eigenvalue weighted by molar-refractivity contribution is -0.138. The molecule has 1 rings (SSSR count). The number of allylic oxidation sites excluding steroid dienone is 4. The van der Waals surface area contributed by atoms with Gasteiger partial charge in [0, 0.05) is 12.8 Å². The molecule has 0 saturated carbocycles. The van der Waals surface area contributed by atoms with Crippen LogP contribution < -0.4 is 0 Å². The summed E-state index contributed by atoms with van der Waals surface area (Å²) in [5, 5.41) is 42.9. The minimum atomic E-state index is -1.48. The number of aromatic carboxylic acids is 3. The molecule has 0 aliphatic carbocycles. The minimum absolute atomic E-state index is 0.266. The molecule has 0 aromatic heterocycles. The van der Waals surface area contributed by atoms with Crippen molar-refractivity contribution in [1.82, 2.24) is 0 Å². The lowest BCUT2D eigenvalue weighted by Crippen LogP contribution is -2.10. The Morgan fingerprint density at radius 1 is 0.400 bits per heavy atom. The normalized spacial score (nSPS) is 10.8. The molecule has 0 unspecified atom stereocenters. The van der Waals surface area contributed by atoms with Crippen molar-refractivity contribution in [3.8, 4) is 0 Å². The predicted molar refractivity (Wildman–Crippen MR) is 221 cm³/mol. The molecule has 1 aromatic carbocycles. The van der Waals surface area contributed by atoms with Crippen molar-refractivity contribution in [1.29, 1.82) is 0 Å². The predicted octanol–water partition coefficient (Wildman–Crippen LogP) is 13.0. The maximum Gasteiger partial charge on any atom is 0.336 e. The molecular weight excluding hydrogens is 700 g/mol. The molecular formula is C45H74O10. The number of aliphatic carboxylic acids is 2. The van der Waals surface area contributed by atoms with Gasteiger partial charge in [-0.1, -0.05) is 141 Å². The molecule has 0 atom stereocenters. The van der Waals surface area contributed by atoms with Gasteiger partial charge in [-0.05, 0) is 82.4 Å². The number of rotatable bonds is 33. The van der Waals surface area contributed by atoms with Crippen LogP contribution in [-0.2, 0) is 9.59 Å². The molecule has 10 nitrogen and oxygen atoms in total. The Hall–Kier alpha value is -3.95. The summed E-state index contributed by atoms with van der Waals surface area (Å²) in [5.41, 5.74) is -1.24. The van der Waals surface area contributed by atoms with Crippen LogP contribution in [0.15, 0.2) is 42.5 Å². The molecule has 0 bridgehead atoms. The third-order valence-electron chi connectivity index (χ3n) is 9.03. The highest BCUT2D eigenvalue weighted by Gasteiger charge is 2.18. The van der Waals surface area contributed by atoms with E-state index in [1.807, 2.05) is 0 Å². The first-order valence-corrected chi connectivity index (χ1v) is 21.0. The van der Waals surface area contributed by atoms with Crippen molar-refractivity contribution >= 4 is 29.8 Å².